The van der Waals surface area contributed by atoms with Gasteiger partial charge in [-0.05, 0) is 38.3 Å². The molecule has 0 radical (unpaired) electrons. The van der Waals surface area contributed by atoms with Gasteiger partial charge in [0.25, 0.3) is 0 Å². The van der Waals surface area contributed by atoms with Gasteiger partial charge in [-0.15, -0.1) is 0 Å². The van der Waals surface area contributed by atoms with Crippen LogP contribution in [0.4, 0.5) is 0 Å². The van der Waals surface area contributed by atoms with Gasteiger partial charge in [0.15, 0.2) is 0 Å². The van der Waals surface area contributed by atoms with Gasteiger partial charge in [-0.3, -0.25) is 4.79 Å². The Bertz CT molecular complexity index is 873. The third-order valence-electron chi connectivity index (χ3n) is 5.05. The summed E-state index contributed by atoms with van der Waals surface area (Å²) in [5, 5.41) is 17.6. The molecule has 1 saturated heterocycles. The maximum atomic E-state index is 13.0. The fourth-order valence-corrected chi connectivity index (χ4v) is 5.21. The number of carbonyl (C=O) groups is 1. The number of piperidine rings is 1. The lowest BCUT2D eigenvalue weighted by atomic mass is 9.96. The molecule has 0 atom stereocenters. The summed E-state index contributed by atoms with van der Waals surface area (Å²) in [6, 6.07) is 9.33. The fourth-order valence-electron chi connectivity index (χ4n) is 3.53. The molecule has 8 heteroatoms. The molecular formula is C20H26N4O3S. The van der Waals surface area contributed by atoms with Crippen LogP contribution in [-0.2, 0) is 14.8 Å². The zero-order chi connectivity index (χ0) is 20.7. The maximum absolute atomic E-state index is 13.0. The van der Waals surface area contributed by atoms with Crippen molar-refractivity contribution in [2.24, 2.45) is 5.92 Å². The first-order valence-electron chi connectivity index (χ1n) is 9.41. The van der Waals surface area contributed by atoms with E-state index in [0.717, 1.165) is 11.1 Å². The van der Waals surface area contributed by atoms with Crippen molar-refractivity contribution >= 4 is 15.9 Å². The first kappa shape index (κ1) is 21.9. The predicted octanol–water partition coefficient (Wildman–Crippen LogP) is 2.36. The number of amides is 1. The number of hydrogen-bond donors (Lipinski definition) is 0. The normalized spacial score (nSPS) is 15.6. The average molecular weight is 403 g/mol. The summed E-state index contributed by atoms with van der Waals surface area (Å²) in [5.41, 5.74) is 1.73. The minimum absolute atomic E-state index is 0.0888. The van der Waals surface area contributed by atoms with E-state index in [1.54, 1.807) is 24.0 Å². The van der Waals surface area contributed by atoms with Crippen molar-refractivity contribution in [3.63, 3.8) is 0 Å². The van der Waals surface area contributed by atoms with Gasteiger partial charge in [0.05, 0.1) is 29.9 Å². The van der Waals surface area contributed by atoms with Crippen LogP contribution >= 0.6 is 0 Å². The number of hydrogen-bond acceptors (Lipinski definition) is 5. The van der Waals surface area contributed by atoms with E-state index in [4.69, 9.17) is 10.5 Å². The molecule has 0 bridgehead atoms. The van der Waals surface area contributed by atoms with Crippen LogP contribution in [0.2, 0.25) is 0 Å². The minimum Gasteiger partial charge on any atom is -0.340 e. The first-order chi connectivity index (χ1) is 13.3. The van der Waals surface area contributed by atoms with Crippen LogP contribution in [0.1, 0.15) is 36.8 Å². The van der Waals surface area contributed by atoms with Crippen LogP contribution in [0.5, 0.6) is 0 Å². The molecule has 0 aromatic heterocycles. The Labute approximate surface area is 167 Å². The molecule has 150 valence electrons. The molecule has 1 amide bonds. The quantitative estimate of drug-likeness (QED) is 0.696. The van der Waals surface area contributed by atoms with Crippen LogP contribution in [0.25, 0.3) is 0 Å². The predicted molar refractivity (Wildman–Crippen MR) is 104 cm³/mol. The summed E-state index contributed by atoms with van der Waals surface area (Å²) in [5.74, 6) is -0.364. The van der Waals surface area contributed by atoms with Gasteiger partial charge in [0.1, 0.15) is 0 Å². The number of carbonyl (C=O) groups excluding carboxylic acids is 1. The lowest BCUT2D eigenvalue weighted by Gasteiger charge is -2.33. The second-order valence-electron chi connectivity index (χ2n) is 7.09. The smallest absolute Gasteiger partial charge is 0.243 e. The van der Waals surface area contributed by atoms with E-state index in [1.165, 1.54) is 4.31 Å². The SMILES string of the molecule is Cc1ccc(S(=O)(=O)N2CCC(C(=O)N(CCC#N)CCC#N)CC2)c(C)c1. The third kappa shape index (κ3) is 5.09. The van der Waals surface area contributed by atoms with E-state index >= 15 is 0 Å². The monoisotopic (exact) mass is 402 g/mol. The summed E-state index contributed by atoms with van der Waals surface area (Å²) in [4.78, 5) is 14.6. The highest BCUT2D eigenvalue weighted by atomic mass is 32.2. The Kier molecular flexibility index (Phi) is 7.56. The van der Waals surface area contributed by atoms with Crippen molar-refractivity contribution in [1.82, 2.24) is 9.21 Å². The van der Waals surface area contributed by atoms with Crippen LogP contribution in [0, 0.1) is 42.4 Å². The number of nitrogens with zero attached hydrogens (tertiary/aromatic N) is 4. The van der Waals surface area contributed by atoms with Gasteiger partial charge < -0.3 is 4.90 Å². The Morgan fingerprint density at radius 3 is 2.21 bits per heavy atom. The highest BCUT2D eigenvalue weighted by Crippen LogP contribution is 2.27. The van der Waals surface area contributed by atoms with E-state index in [0.29, 0.717) is 30.8 Å². The summed E-state index contributed by atoms with van der Waals surface area (Å²) in [6.45, 7) is 4.90. The Hall–Kier alpha value is -2.42. The van der Waals surface area contributed by atoms with E-state index in [2.05, 4.69) is 0 Å². The molecule has 1 aliphatic rings. The van der Waals surface area contributed by atoms with Crippen LogP contribution < -0.4 is 0 Å². The average Bonchev–Trinajstić information content (AvgIpc) is 2.67. The second kappa shape index (κ2) is 9.68. The van der Waals surface area contributed by atoms with Crippen LogP contribution in [0.3, 0.4) is 0 Å². The van der Waals surface area contributed by atoms with E-state index < -0.39 is 10.0 Å². The van der Waals surface area contributed by atoms with Gasteiger partial charge in [-0.25, -0.2) is 8.42 Å². The first-order valence-corrected chi connectivity index (χ1v) is 10.9. The van der Waals surface area contributed by atoms with E-state index in [1.807, 2.05) is 25.1 Å². The number of benzene rings is 1. The molecule has 28 heavy (non-hydrogen) atoms. The van der Waals surface area contributed by atoms with Crippen molar-refractivity contribution in [3.05, 3.63) is 29.3 Å². The third-order valence-corrected chi connectivity index (χ3v) is 7.11. The molecule has 0 saturated carbocycles. The molecule has 1 aromatic rings. The lowest BCUT2D eigenvalue weighted by molar-refractivity contribution is -0.136. The number of nitriles is 2. The summed E-state index contributed by atoms with van der Waals surface area (Å²) < 4.78 is 27.4. The van der Waals surface area contributed by atoms with Crippen molar-refractivity contribution in [1.29, 1.82) is 10.5 Å². The zero-order valence-corrected chi connectivity index (χ0v) is 17.2. The molecule has 0 N–H and O–H groups in total. The molecule has 0 aliphatic carbocycles. The largest absolute Gasteiger partial charge is 0.340 e. The number of aryl methyl sites for hydroxylation is 2. The molecule has 7 nitrogen and oxygen atoms in total. The summed E-state index contributed by atoms with van der Waals surface area (Å²) in [6.07, 6.45) is 1.32. The zero-order valence-electron chi connectivity index (χ0n) is 16.4. The maximum Gasteiger partial charge on any atom is 0.243 e. The van der Waals surface area contributed by atoms with Crippen molar-refractivity contribution in [3.8, 4) is 12.1 Å². The topological polar surface area (TPSA) is 105 Å². The summed E-state index contributed by atoms with van der Waals surface area (Å²) >= 11 is 0. The lowest BCUT2D eigenvalue weighted by Crippen LogP contribution is -2.45. The van der Waals surface area contributed by atoms with Gasteiger partial charge >= 0.3 is 0 Å². The van der Waals surface area contributed by atoms with Gasteiger partial charge in [0.2, 0.25) is 15.9 Å². The van der Waals surface area contributed by atoms with Crippen molar-refractivity contribution in [2.75, 3.05) is 26.2 Å². The van der Waals surface area contributed by atoms with Crippen molar-refractivity contribution < 1.29 is 13.2 Å². The standard InChI is InChI=1S/C20H26N4O3S/c1-16-5-6-19(17(2)15-16)28(26,27)24-13-7-18(8-14-24)20(25)23(11-3-9-21)12-4-10-22/h5-6,15,18H,3-4,7-8,11-14H2,1-2H3. The van der Waals surface area contributed by atoms with Crippen LogP contribution in [0.15, 0.2) is 23.1 Å². The highest BCUT2D eigenvalue weighted by Gasteiger charge is 2.34. The molecule has 1 aromatic carbocycles. The molecule has 2 rings (SSSR count). The number of sulfonamides is 1. The van der Waals surface area contributed by atoms with E-state index in [9.17, 15) is 13.2 Å². The molecule has 1 fully saturated rings. The van der Waals surface area contributed by atoms with E-state index in [-0.39, 0.29) is 37.8 Å². The fraction of sp³-hybridized carbons (Fsp3) is 0.550. The van der Waals surface area contributed by atoms with Gasteiger partial charge in [-0.1, -0.05) is 17.7 Å². The minimum atomic E-state index is -3.58. The molecule has 0 spiro atoms. The number of rotatable bonds is 7. The molecular weight excluding hydrogens is 376 g/mol. The molecule has 1 aliphatic heterocycles. The Morgan fingerprint density at radius 1 is 1.14 bits per heavy atom. The Morgan fingerprint density at radius 2 is 1.71 bits per heavy atom. The molecule has 0 unspecified atom stereocenters. The van der Waals surface area contributed by atoms with Crippen LogP contribution in [-0.4, -0.2) is 49.7 Å². The van der Waals surface area contributed by atoms with Gasteiger partial charge in [0, 0.05) is 32.1 Å². The van der Waals surface area contributed by atoms with Gasteiger partial charge in [-0.2, -0.15) is 14.8 Å². The second-order valence-corrected chi connectivity index (χ2v) is 9.00. The molecule has 1 heterocycles. The Balaban J connectivity index is 2.05. The highest BCUT2D eigenvalue weighted by molar-refractivity contribution is 7.89. The van der Waals surface area contributed by atoms with Crippen molar-refractivity contribution in [2.45, 2.75) is 44.4 Å². The summed E-state index contributed by atoms with van der Waals surface area (Å²) in [7, 11) is -3.58.